The number of hydrogen-bond acceptors (Lipinski definition) is 6. The highest BCUT2D eigenvalue weighted by Gasteiger charge is 2.47. The summed E-state index contributed by atoms with van der Waals surface area (Å²) in [5.41, 5.74) is 2.40. The molecular formula is C27H23ClN4O3S. The van der Waals surface area contributed by atoms with Crippen molar-refractivity contribution in [2.45, 2.75) is 29.7 Å². The van der Waals surface area contributed by atoms with Gasteiger partial charge in [-0.1, -0.05) is 35.9 Å². The molecule has 1 spiro atoms. The maximum Gasteiger partial charge on any atom is 0.329 e. The number of carbonyl (C=O) groups excluding carboxylic acids is 2. The summed E-state index contributed by atoms with van der Waals surface area (Å²) in [7, 11) is 0. The molecule has 1 aromatic heterocycles. The van der Waals surface area contributed by atoms with E-state index in [1.165, 1.54) is 16.7 Å². The van der Waals surface area contributed by atoms with Crippen LogP contribution in [0.5, 0.6) is 0 Å². The van der Waals surface area contributed by atoms with Gasteiger partial charge in [-0.2, -0.15) is 0 Å². The first-order valence-electron chi connectivity index (χ1n) is 12.1. The Hall–Kier alpha value is -3.07. The number of thioether (sulfide) groups is 1. The molecule has 4 aliphatic rings. The van der Waals surface area contributed by atoms with E-state index in [0.29, 0.717) is 10.7 Å². The second kappa shape index (κ2) is 8.23. The third-order valence-corrected chi connectivity index (χ3v) is 9.17. The average Bonchev–Trinajstić information content (AvgIpc) is 3.51. The van der Waals surface area contributed by atoms with Crippen LogP contribution in [0.3, 0.4) is 0 Å². The van der Waals surface area contributed by atoms with Gasteiger partial charge in [-0.15, -0.1) is 11.8 Å². The van der Waals surface area contributed by atoms with Gasteiger partial charge in [0.05, 0.1) is 17.9 Å². The molecular weight excluding hydrogens is 496 g/mol. The summed E-state index contributed by atoms with van der Waals surface area (Å²) < 4.78 is 5.98. The summed E-state index contributed by atoms with van der Waals surface area (Å²) in [4.78, 5) is 35.7. The van der Waals surface area contributed by atoms with Crippen LogP contribution in [-0.2, 0) is 9.53 Å². The second-order valence-corrected chi connectivity index (χ2v) is 11.3. The molecule has 3 amide bonds. The van der Waals surface area contributed by atoms with Crippen molar-refractivity contribution in [2.75, 3.05) is 29.5 Å². The normalized spacial score (nSPS) is 24.6. The molecule has 0 aliphatic carbocycles. The highest BCUT2D eigenvalue weighted by atomic mass is 35.5. The van der Waals surface area contributed by atoms with Gasteiger partial charge in [-0.05, 0) is 37.1 Å². The van der Waals surface area contributed by atoms with Gasteiger partial charge in [0.1, 0.15) is 10.9 Å². The van der Waals surface area contributed by atoms with Gasteiger partial charge in [-0.25, -0.2) is 9.69 Å². The van der Waals surface area contributed by atoms with Crippen LogP contribution in [0.15, 0.2) is 60.9 Å². The van der Waals surface area contributed by atoms with Gasteiger partial charge < -0.3 is 15.0 Å². The maximum absolute atomic E-state index is 13.7. The van der Waals surface area contributed by atoms with Crippen molar-refractivity contribution in [1.82, 2.24) is 10.3 Å². The summed E-state index contributed by atoms with van der Waals surface area (Å²) in [6.07, 6.45) is 7.49. The van der Waals surface area contributed by atoms with E-state index in [2.05, 4.69) is 27.3 Å². The Balaban J connectivity index is 1.20. The molecule has 0 radical (unpaired) electrons. The van der Waals surface area contributed by atoms with Crippen molar-refractivity contribution < 1.29 is 14.3 Å². The van der Waals surface area contributed by atoms with E-state index in [9.17, 15) is 9.59 Å². The zero-order chi connectivity index (χ0) is 24.4. The zero-order valence-corrected chi connectivity index (χ0v) is 20.9. The Morgan fingerprint density at radius 1 is 1.14 bits per heavy atom. The Bertz CT molecular complexity index is 1450. The van der Waals surface area contributed by atoms with Crippen molar-refractivity contribution in [3.8, 4) is 0 Å². The van der Waals surface area contributed by atoms with Crippen molar-refractivity contribution in [2.24, 2.45) is 0 Å². The van der Waals surface area contributed by atoms with Gasteiger partial charge in [0.25, 0.3) is 5.91 Å². The molecule has 9 heteroatoms. The number of pyridine rings is 1. The Morgan fingerprint density at radius 2 is 2.00 bits per heavy atom. The SMILES string of the molecule is O=C1NC2C=C(c3ccccc3Cl)SC2C(=O)N1c1cncc2ccc(N3CC4(CCCO4)C3)cc12. The van der Waals surface area contributed by atoms with Gasteiger partial charge in [-0.3, -0.25) is 9.78 Å². The Morgan fingerprint density at radius 3 is 2.81 bits per heavy atom. The number of halogens is 1. The second-order valence-electron chi connectivity index (χ2n) is 9.75. The highest BCUT2D eigenvalue weighted by Crippen LogP contribution is 2.45. The van der Waals surface area contributed by atoms with Crippen LogP contribution in [0.25, 0.3) is 15.7 Å². The minimum atomic E-state index is -0.470. The van der Waals surface area contributed by atoms with E-state index in [0.717, 1.165) is 59.5 Å². The predicted octanol–water partition coefficient (Wildman–Crippen LogP) is 4.84. The van der Waals surface area contributed by atoms with Crippen LogP contribution in [0.4, 0.5) is 16.2 Å². The molecule has 3 fully saturated rings. The van der Waals surface area contributed by atoms with E-state index in [1.54, 1.807) is 12.4 Å². The van der Waals surface area contributed by atoms with Crippen LogP contribution in [0.1, 0.15) is 18.4 Å². The predicted molar refractivity (Wildman–Crippen MR) is 142 cm³/mol. The topological polar surface area (TPSA) is 74.8 Å². The van der Waals surface area contributed by atoms with Crippen molar-refractivity contribution >= 4 is 62.4 Å². The molecule has 7 nitrogen and oxygen atoms in total. The summed E-state index contributed by atoms with van der Waals surface area (Å²) in [6.45, 7) is 2.55. The molecule has 2 unspecified atom stereocenters. The number of nitrogens with one attached hydrogen (secondary N) is 1. The Kier molecular flexibility index (Phi) is 5.06. The number of amides is 3. The van der Waals surface area contributed by atoms with Crippen LogP contribution in [0, 0.1) is 0 Å². The minimum absolute atomic E-state index is 0.0141. The third kappa shape index (κ3) is 3.43. The fraction of sp³-hybridized carbons (Fsp3) is 0.296. The fourth-order valence-electron chi connectivity index (χ4n) is 5.65. The smallest absolute Gasteiger partial charge is 0.329 e. The number of nitrogens with zero attached hydrogens (tertiary/aromatic N) is 3. The summed E-state index contributed by atoms with van der Waals surface area (Å²) in [5.74, 6) is -0.256. The molecule has 2 atom stereocenters. The molecule has 182 valence electrons. The summed E-state index contributed by atoms with van der Waals surface area (Å²) >= 11 is 7.83. The number of rotatable bonds is 3. The Labute approximate surface area is 217 Å². The lowest BCUT2D eigenvalue weighted by Crippen LogP contribution is -2.61. The summed E-state index contributed by atoms with van der Waals surface area (Å²) in [5, 5.41) is 4.85. The van der Waals surface area contributed by atoms with E-state index in [4.69, 9.17) is 16.3 Å². The average molecular weight is 519 g/mol. The first-order chi connectivity index (χ1) is 17.5. The molecule has 36 heavy (non-hydrogen) atoms. The van der Waals surface area contributed by atoms with E-state index >= 15 is 0 Å². The largest absolute Gasteiger partial charge is 0.371 e. The van der Waals surface area contributed by atoms with E-state index in [-0.39, 0.29) is 17.6 Å². The molecule has 2 aromatic carbocycles. The molecule has 3 aromatic rings. The van der Waals surface area contributed by atoms with E-state index < -0.39 is 11.3 Å². The monoisotopic (exact) mass is 518 g/mol. The molecule has 1 N–H and O–H groups in total. The van der Waals surface area contributed by atoms with Crippen LogP contribution >= 0.6 is 23.4 Å². The standard InChI is InChI=1S/C27H23ClN4O3S/c28-20-5-2-1-4-18(20)23-11-21-24(36-23)25(33)32(26(34)30-21)22-13-29-12-16-6-7-17(10-19(16)22)31-14-27(15-31)8-3-9-35-27/h1-2,4-7,10-13,21,24H,3,8-9,14-15H2,(H,30,34). The van der Waals surface area contributed by atoms with Crippen LogP contribution in [0.2, 0.25) is 5.02 Å². The number of urea groups is 1. The zero-order valence-electron chi connectivity index (χ0n) is 19.3. The lowest BCUT2D eigenvalue weighted by Gasteiger charge is -2.48. The number of carbonyl (C=O) groups is 2. The number of anilines is 2. The van der Waals surface area contributed by atoms with Gasteiger partial charge >= 0.3 is 6.03 Å². The number of fused-ring (bicyclic) bond motifs is 2. The fourth-order valence-corrected chi connectivity index (χ4v) is 7.24. The maximum atomic E-state index is 13.7. The number of imide groups is 1. The lowest BCUT2D eigenvalue weighted by molar-refractivity contribution is -0.118. The highest BCUT2D eigenvalue weighted by molar-refractivity contribution is 8.09. The third-order valence-electron chi connectivity index (χ3n) is 7.48. The van der Waals surface area contributed by atoms with E-state index in [1.807, 2.05) is 36.4 Å². The quantitative estimate of drug-likeness (QED) is 0.535. The van der Waals surface area contributed by atoms with Crippen molar-refractivity contribution in [3.63, 3.8) is 0 Å². The number of aromatic nitrogens is 1. The minimum Gasteiger partial charge on any atom is -0.371 e. The lowest BCUT2D eigenvalue weighted by atomic mass is 9.90. The number of benzene rings is 2. The van der Waals surface area contributed by atoms with Crippen LogP contribution in [-0.4, -0.2) is 53.5 Å². The number of hydrogen-bond donors (Lipinski definition) is 1. The van der Waals surface area contributed by atoms with Crippen molar-refractivity contribution in [3.05, 3.63) is 71.5 Å². The van der Waals surface area contributed by atoms with Crippen LogP contribution < -0.4 is 15.1 Å². The first kappa shape index (κ1) is 22.2. The van der Waals surface area contributed by atoms with Gasteiger partial charge in [0, 0.05) is 57.8 Å². The first-order valence-corrected chi connectivity index (χ1v) is 13.3. The number of ether oxygens (including phenoxy) is 1. The molecule has 0 saturated carbocycles. The molecule has 0 bridgehead atoms. The summed E-state index contributed by atoms with van der Waals surface area (Å²) in [6, 6.07) is 12.8. The molecule has 7 rings (SSSR count). The van der Waals surface area contributed by atoms with Crippen molar-refractivity contribution in [1.29, 1.82) is 0 Å². The molecule has 3 saturated heterocycles. The van der Waals surface area contributed by atoms with Gasteiger partial charge in [0.15, 0.2) is 0 Å². The molecule has 5 heterocycles. The van der Waals surface area contributed by atoms with Gasteiger partial charge in [0.2, 0.25) is 0 Å². The molecule has 4 aliphatic heterocycles.